The number of nitrogens with zero attached hydrogens (tertiary/aromatic N) is 3. The van der Waals surface area contributed by atoms with E-state index < -0.39 is 4.92 Å². The van der Waals surface area contributed by atoms with Gasteiger partial charge < -0.3 is 10.6 Å². The van der Waals surface area contributed by atoms with Crippen LogP contribution >= 0.6 is 0 Å². The maximum Gasteiger partial charge on any atom is 0.270 e. The fourth-order valence-electron chi connectivity index (χ4n) is 2.12. The lowest BCUT2D eigenvalue weighted by Crippen LogP contribution is -2.24. The average Bonchev–Trinajstić information content (AvgIpc) is 2.53. The van der Waals surface area contributed by atoms with Gasteiger partial charge in [-0.1, -0.05) is 5.57 Å². The second-order valence-electron chi connectivity index (χ2n) is 5.47. The summed E-state index contributed by atoms with van der Waals surface area (Å²) in [7, 11) is 0. The maximum atomic E-state index is 11.5. The first-order valence-electron chi connectivity index (χ1n) is 7.53. The van der Waals surface area contributed by atoms with Crippen LogP contribution in [0.25, 0.3) is 10.9 Å². The predicted molar refractivity (Wildman–Crippen MR) is 91.7 cm³/mol. The molecule has 2 rings (SSSR count). The van der Waals surface area contributed by atoms with Crippen LogP contribution in [-0.4, -0.2) is 33.9 Å². The summed E-state index contributed by atoms with van der Waals surface area (Å²) in [5.74, 6) is 0.428. The molecule has 0 saturated heterocycles. The van der Waals surface area contributed by atoms with Crippen molar-refractivity contribution in [2.45, 2.75) is 20.3 Å². The van der Waals surface area contributed by atoms with Crippen LogP contribution in [0.4, 0.5) is 11.5 Å². The zero-order valence-electron chi connectivity index (χ0n) is 13.6. The molecule has 8 heteroatoms. The molecule has 2 aromatic rings. The fraction of sp³-hybridized carbons (Fsp3) is 0.312. The molecule has 0 aliphatic rings. The van der Waals surface area contributed by atoms with Gasteiger partial charge in [0.1, 0.15) is 12.1 Å². The molecule has 8 nitrogen and oxygen atoms in total. The molecular formula is C16H19N5O3. The third-order valence-corrected chi connectivity index (χ3v) is 3.19. The molecule has 0 radical (unpaired) electrons. The zero-order chi connectivity index (χ0) is 17.5. The van der Waals surface area contributed by atoms with Gasteiger partial charge in [-0.05, 0) is 26.3 Å². The largest absolute Gasteiger partial charge is 0.369 e. The number of rotatable bonds is 7. The molecule has 1 amide bonds. The van der Waals surface area contributed by atoms with Crippen LogP contribution in [-0.2, 0) is 4.79 Å². The molecule has 0 unspecified atom stereocenters. The summed E-state index contributed by atoms with van der Waals surface area (Å²) in [6.45, 7) is 4.82. The minimum atomic E-state index is -0.449. The molecule has 0 spiro atoms. The Kier molecular flexibility index (Phi) is 5.78. The predicted octanol–water partition coefficient (Wildman–Crippen LogP) is 2.42. The van der Waals surface area contributed by atoms with Gasteiger partial charge in [-0.25, -0.2) is 9.97 Å². The highest BCUT2D eigenvalue weighted by Gasteiger charge is 2.10. The van der Waals surface area contributed by atoms with Crippen LogP contribution in [0.15, 0.2) is 36.2 Å². The molecule has 1 heterocycles. The van der Waals surface area contributed by atoms with Gasteiger partial charge in [-0.3, -0.25) is 14.9 Å². The smallest absolute Gasteiger partial charge is 0.270 e. The number of carbonyl (C=O) groups excluding carboxylic acids is 1. The highest BCUT2D eigenvalue weighted by molar-refractivity contribution is 5.90. The molecule has 0 aliphatic carbocycles. The Morgan fingerprint density at radius 1 is 1.29 bits per heavy atom. The van der Waals surface area contributed by atoms with E-state index in [0.29, 0.717) is 36.2 Å². The first-order chi connectivity index (χ1) is 11.5. The van der Waals surface area contributed by atoms with Crippen LogP contribution in [0, 0.1) is 10.1 Å². The lowest BCUT2D eigenvalue weighted by Gasteiger charge is -2.08. The summed E-state index contributed by atoms with van der Waals surface area (Å²) < 4.78 is 0. The lowest BCUT2D eigenvalue weighted by molar-refractivity contribution is -0.384. The lowest BCUT2D eigenvalue weighted by atomic mass is 10.2. The molecule has 126 valence electrons. The quantitative estimate of drug-likeness (QED) is 0.349. The first kappa shape index (κ1) is 17.3. The molecule has 24 heavy (non-hydrogen) atoms. The number of anilines is 1. The molecule has 1 aromatic carbocycles. The molecule has 2 N–H and O–H groups in total. The SMILES string of the molecule is CC(C)=CC(=O)NCCCNc1ncnc2ccc([N+](=O)[O-])cc12. The van der Waals surface area contributed by atoms with E-state index in [2.05, 4.69) is 20.6 Å². The van der Waals surface area contributed by atoms with Crippen LogP contribution in [0.5, 0.6) is 0 Å². The Hall–Kier alpha value is -3.03. The second-order valence-corrected chi connectivity index (χ2v) is 5.47. The van der Waals surface area contributed by atoms with Gasteiger partial charge in [-0.2, -0.15) is 0 Å². The number of allylic oxidation sites excluding steroid dienone is 1. The molecular weight excluding hydrogens is 310 g/mol. The number of benzene rings is 1. The number of nitro groups is 1. The molecule has 1 aromatic heterocycles. The minimum Gasteiger partial charge on any atom is -0.369 e. The van der Waals surface area contributed by atoms with Crippen molar-refractivity contribution in [2.75, 3.05) is 18.4 Å². The maximum absolute atomic E-state index is 11.5. The normalized spacial score (nSPS) is 10.2. The van der Waals surface area contributed by atoms with Crippen molar-refractivity contribution in [1.29, 1.82) is 0 Å². The van der Waals surface area contributed by atoms with Crippen molar-refractivity contribution < 1.29 is 9.72 Å². The third-order valence-electron chi connectivity index (χ3n) is 3.19. The summed E-state index contributed by atoms with van der Waals surface area (Å²) >= 11 is 0. The van der Waals surface area contributed by atoms with E-state index in [9.17, 15) is 14.9 Å². The molecule has 0 aliphatic heterocycles. The number of non-ortho nitro benzene ring substituents is 1. The number of amides is 1. The summed E-state index contributed by atoms with van der Waals surface area (Å²) in [5, 5.41) is 17.4. The van der Waals surface area contributed by atoms with Crippen LogP contribution in [0.2, 0.25) is 0 Å². The highest BCUT2D eigenvalue weighted by atomic mass is 16.6. The fourth-order valence-corrected chi connectivity index (χ4v) is 2.12. The number of hydrogen-bond acceptors (Lipinski definition) is 6. The zero-order valence-corrected chi connectivity index (χ0v) is 13.6. The number of nitrogens with one attached hydrogen (secondary N) is 2. The topological polar surface area (TPSA) is 110 Å². The highest BCUT2D eigenvalue weighted by Crippen LogP contribution is 2.24. The second kappa shape index (κ2) is 8.00. The Morgan fingerprint density at radius 3 is 2.79 bits per heavy atom. The van der Waals surface area contributed by atoms with Gasteiger partial charge >= 0.3 is 0 Å². The number of carbonyl (C=O) groups is 1. The van der Waals surface area contributed by atoms with Gasteiger partial charge in [0.25, 0.3) is 5.69 Å². The third kappa shape index (κ3) is 4.73. The van der Waals surface area contributed by atoms with Gasteiger partial charge in [0, 0.05) is 36.7 Å². The van der Waals surface area contributed by atoms with E-state index >= 15 is 0 Å². The number of nitro benzene ring substituents is 1. The summed E-state index contributed by atoms with van der Waals surface area (Å²) in [5.41, 5.74) is 1.57. The van der Waals surface area contributed by atoms with Crippen molar-refractivity contribution >= 4 is 28.3 Å². The van der Waals surface area contributed by atoms with Crippen LogP contribution in [0.1, 0.15) is 20.3 Å². The monoisotopic (exact) mass is 329 g/mol. The van der Waals surface area contributed by atoms with E-state index in [1.54, 1.807) is 12.1 Å². The first-order valence-corrected chi connectivity index (χ1v) is 7.53. The van der Waals surface area contributed by atoms with Gasteiger partial charge in [0.15, 0.2) is 0 Å². The van der Waals surface area contributed by atoms with E-state index in [0.717, 1.165) is 5.57 Å². The van der Waals surface area contributed by atoms with Crippen molar-refractivity contribution in [1.82, 2.24) is 15.3 Å². The average molecular weight is 329 g/mol. The number of aromatic nitrogens is 2. The Balaban J connectivity index is 1.95. The Morgan fingerprint density at radius 2 is 2.08 bits per heavy atom. The number of fused-ring (bicyclic) bond motifs is 1. The van der Waals surface area contributed by atoms with Crippen molar-refractivity contribution in [2.24, 2.45) is 0 Å². The van der Waals surface area contributed by atoms with E-state index in [-0.39, 0.29) is 11.6 Å². The molecule has 0 saturated carbocycles. The molecule has 0 atom stereocenters. The van der Waals surface area contributed by atoms with Crippen molar-refractivity contribution in [3.05, 3.63) is 46.3 Å². The van der Waals surface area contributed by atoms with E-state index in [4.69, 9.17) is 0 Å². The molecule has 0 bridgehead atoms. The summed E-state index contributed by atoms with van der Waals surface area (Å²) in [4.78, 5) is 30.2. The number of hydrogen-bond donors (Lipinski definition) is 2. The van der Waals surface area contributed by atoms with E-state index in [1.165, 1.54) is 18.5 Å². The summed E-state index contributed by atoms with van der Waals surface area (Å²) in [6, 6.07) is 4.46. The summed E-state index contributed by atoms with van der Waals surface area (Å²) in [6.07, 6.45) is 3.65. The van der Waals surface area contributed by atoms with Crippen molar-refractivity contribution in [3.8, 4) is 0 Å². The van der Waals surface area contributed by atoms with Crippen molar-refractivity contribution in [3.63, 3.8) is 0 Å². The van der Waals surface area contributed by atoms with E-state index in [1.807, 2.05) is 13.8 Å². The van der Waals surface area contributed by atoms with Gasteiger partial charge in [-0.15, -0.1) is 0 Å². The minimum absolute atomic E-state index is 0.00524. The Bertz CT molecular complexity index is 784. The van der Waals surface area contributed by atoms with Crippen LogP contribution < -0.4 is 10.6 Å². The Labute approximate surface area is 139 Å². The van der Waals surface area contributed by atoms with Gasteiger partial charge in [0.05, 0.1) is 10.4 Å². The van der Waals surface area contributed by atoms with Crippen LogP contribution in [0.3, 0.4) is 0 Å². The molecule has 0 fully saturated rings. The standard InChI is InChI=1S/C16H19N5O3/c1-11(2)8-15(22)17-6-3-7-18-16-13-9-12(21(23)24)4-5-14(13)19-10-20-16/h4-5,8-10H,3,6-7H2,1-2H3,(H,17,22)(H,18,19,20). The van der Waals surface area contributed by atoms with Gasteiger partial charge in [0.2, 0.25) is 5.91 Å².